The highest BCUT2D eigenvalue weighted by molar-refractivity contribution is 6.08. The highest BCUT2D eigenvalue weighted by Gasteiger charge is 2.26. The van der Waals surface area contributed by atoms with Crippen LogP contribution in [0, 0.1) is 0 Å². The number of hydrogen-bond donors (Lipinski definition) is 2. The Kier molecular flexibility index (Phi) is 4.13. The van der Waals surface area contributed by atoms with Crippen molar-refractivity contribution in [3.05, 3.63) is 100 Å². The predicted molar refractivity (Wildman–Crippen MR) is 114 cm³/mol. The number of nitrogens with one attached hydrogen (secondary N) is 1. The van der Waals surface area contributed by atoms with Crippen molar-refractivity contribution in [3.63, 3.8) is 0 Å². The van der Waals surface area contributed by atoms with Crippen molar-refractivity contribution >= 4 is 28.1 Å². The van der Waals surface area contributed by atoms with Crippen molar-refractivity contribution in [2.75, 3.05) is 5.32 Å². The van der Waals surface area contributed by atoms with E-state index < -0.39 is 5.63 Å². The van der Waals surface area contributed by atoms with E-state index in [-0.39, 0.29) is 17.4 Å². The van der Waals surface area contributed by atoms with Gasteiger partial charge in [0.2, 0.25) is 0 Å². The van der Waals surface area contributed by atoms with E-state index in [4.69, 9.17) is 9.41 Å². The lowest BCUT2D eigenvalue weighted by molar-refractivity contribution is 0.466. The summed E-state index contributed by atoms with van der Waals surface area (Å²) in [4.78, 5) is 17.5. The number of nitrogens with zero attached hydrogens (tertiary/aromatic N) is 1. The smallest absolute Gasteiger partial charge is 0.349 e. The molecule has 2 N–H and O–H groups in total. The zero-order valence-electron chi connectivity index (χ0n) is 15.5. The molecule has 0 aliphatic carbocycles. The SMILES string of the molecule is O=c1oc2ccccc2c(O)c1C1=Nc2ccccc2NC(c2ccccc2)C1. The van der Waals surface area contributed by atoms with E-state index in [1.807, 2.05) is 54.6 Å². The minimum Gasteiger partial charge on any atom is -0.506 e. The molecule has 0 saturated heterocycles. The van der Waals surface area contributed by atoms with Gasteiger partial charge in [-0.15, -0.1) is 0 Å². The quantitative estimate of drug-likeness (QED) is 0.469. The Bertz CT molecular complexity index is 1290. The van der Waals surface area contributed by atoms with Crippen LogP contribution in [0.5, 0.6) is 5.75 Å². The topological polar surface area (TPSA) is 74.8 Å². The maximum Gasteiger partial charge on any atom is 0.349 e. The summed E-state index contributed by atoms with van der Waals surface area (Å²) < 4.78 is 5.48. The van der Waals surface area contributed by atoms with Crippen LogP contribution >= 0.6 is 0 Å². The summed E-state index contributed by atoms with van der Waals surface area (Å²) >= 11 is 0. The lowest BCUT2D eigenvalue weighted by Gasteiger charge is -2.19. The maximum absolute atomic E-state index is 12.8. The van der Waals surface area contributed by atoms with Gasteiger partial charge in [0.25, 0.3) is 0 Å². The van der Waals surface area contributed by atoms with Gasteiger partial charge in [-0.25, -0.2) is 4.79 Å². The van der Waals surface area contributed by atoms with Crippen LogP contribution in [-0.4, -0.2) is 10.8 Å². The second-order valence-corrected chi connectivity index (χ2v) is 7.00. The van der Waals surface area contributed by atoms with Gasteiger partial charge in [-0.3, -0.25) is 4.99 Å². The minimum atomic E-state index is -0.592. The van der Waals surface area contributed by atoms with Crippen LogP contribution in [-0.2, 0) is 0 Å². The Labute approximate surface area is 167 Å². The van der Waals surface area contributed by atoms with Gasteiger partial charge in [-0.2, -0.15) is 0 Å². The van der Waals surface area contributed by atoms with Crippen LogP contribution in [0.4, 0.5) is 11.4 Å². The number of aliphatic imine (C=N–C) groups is 1. The van der Waals surface area contributed by atoms with Crippen molar-refractivity contribution in [2.45, 2.75) is 12.5 Å². The normalized spacial score (nSPS) is 15.9. The number of aromatic hydroxyl groups is 1. The average Bonchev–Trinajstić information content (AvgIpc) is 2.94. The van der Waals surface area contributed by atoms with Crippen LogP contribution < -0.4 is 10.9 Å². The standard InChI is InChI=1S/C24H18N2O3/c27-23-16-10-4-7-13-21(16)29-24(28)22(23)20-14-19(15-8-2-1-3-9-15)25-17-11-5-6-12-18(17)26-20/h1-13,19,25,27H,14H2. The van der Waals surface area contributed by atoms with E-state index in [0.29, 0.717) is 28.8 Å². The van der Waals surface area contributed by atoms with Gasteiger partial charge < -0.3 is 14.8 Å². The summed E-state index contributed by atoms with van der Waals surface area (Å²) in [6.45, 7) is 0. The molecule has 0 amide bonds. The molecular formula is C24H18N2O3. The fourth-order valence-electron chi connectivity index (χ4n) is 3.75. The molecular weight excluding hydrogens is 364 g/mol. The van der Waals surface area contributed by atoms with Crippen LogP contribution in [0.25, 0.3) is 11.0 Å². The zero-order chi connectivity index (χ0) is 19.8. The second-order valence-electron chi connectivity index (χ2n) is 7.00. The van der Waals surface area contributed by atoms with Gasteiger partial charge in [-0.05, 0) is 29.8 Å². The second kappa shape index (κ2) is 6.95. The molecule has 0 saturated carbocycles. The van der Waals surface area contributed by atoms with Crippen LogP contribution in [0.15, 0.2) is 93.1 Å². The molecule has 1 aliphatic heterocycles. The van der Waals surface area contributed by atoms with Crippen molar-refractivity contribution in [1.82, 2.24) is 0 Å². The summed E-state index contributed by atoms with van der Waals surface area (Å²) in [6.07, 6.45) is 0.426. The van der Waals surface area contributed by atoms with Crippen molar-refractivity contribution in [1.29, 1.82) is 0 Å². The molecule has 0 fully saturated rings. The molecule has 5 rings (SSSR count). The van der Waals surface area contributed by atoms with Crippen LogP contribution in [0.1, 0.15) is 23.6 Å². The summed E-state index contributed by atoms with van der Waals surface area (Å²) in [6, 6.07) is 24.5. The molecule has 0 bridgehead atoms. The first-order chi connectivity index (χ1) is 14.2. The average molecular weight is 382 g/mol. The molecule has 4 aromatic rings. The zero-order valence-corrected chi connectivity index (χ0v) is 15.5. The molecule has 1 unspecified atom stereocenters. The number of para-hydroxylation sites is 3. The Hall–Kier alpha value is -3.86. The number of benzene rings is 3. The summed E-state index contributed by atoms with van der Waals surface area (Å²) in [5, 5.41) is 14.9. The highest BCUT2D eigenvalue weighted by atomic mass is 16.4. The minimum absolute atomic E-state index is 0.0956. The third-order valence-corrected chi connectivity index (χ3v) is 5.16. The molecule has 142 valence electrons. The third-order valence-electron chi connectivity index (χ3n) is 5.16. The monoisotopic (exact) mass is 382 g/mol. The molecule has 1 aromatic heterocycles. The largest absolute Gasteiger partial charge is 0.506 e. The lowest BCUT2D eigenvalue weighted by Crippen LogP contribution is -2.19. The Morgan fingerprint density at radius 1 is 0.931 bits per heavy atom. The van der Waals surface area contributed by atoms with Crippen LogP contribution in [0.2, 0.25) is 0 Å². The Balaban J connectivity index is 1.72. The highest BCUT2D eigenvalue weighted by Crippen LogP contribution is 2.37. The Morgan fingerprint density at radius 3 is 2.52 bits per heavy atom. The molecule has 5 heteroatoms. The lowest BCUT2D eigenvalue weighted by atomic mass is 9.97. The first-order valence-electron chi connectivity index (χ1n) is 9.44. The number of anilines is 1. The van der Waals surface area contributed by atoms with Gasteiger partial charge >= 0.3 is 5.63 Å². The molecule has 5 nitrogen and oxygen atoms in total. The van der Waals surface area contributed by atoms with Crippen molar-refractivity contribution in [2.24, 2.45) is 4.99 Å². The van der Waals surface area contributed by atoms with E-state index in [1.54, 1.807) is 24.3 Å². The summed E-state index contributed by atoms with van der Waals surface area (Å²) in [7, 11) is 0. The number of fused-ring (bicyclic) bond motifs is 2. The van der Waals surface area contributed by atoms with Crippen molar-refractivity contribution in [3.8, 4) is 5.75 Å². The molecule has 2 heterocycles. The number of rotatable bonds is 2. The van der Waals surface area contributed by atoms with E-state index >= 15 is 0 Å². The van der Waals surface area contributed by atoms with Crippen molar-refractivity contribution < 1.29 is 9.52 Å². The van der Waals surface area contributed by atoms with E-state index in [2.05, 4.69) is 5.32 Å². The molecule has 0 radical (unpaired) electrons. The molecule has 1 atom stereocenters. The Morgan fingerprint density at radius 2 is 1.66 bits per heavy atom. The first-order valence-corrected chi connectivity index (χ1v) is 9.44. The van der Waals surface area contributed by atoms with E-state index in [9.17, 15) is 9.90 Å². The van der Waals surface area contributed by atoms with E-state index in [1.165, 1.54) is 0 Å². The molecule has 3 aromatic carbocycles. The van der Waals surface area contributed by atoms with E-state index in [0.717, 1.165) is 11.3 Å². The summed E-state index contributed by atoms with van der Waals surface area (Å²) in [5.74, 6) is -0.0956. The summed E-state index contributed by atoms with van der Waals surface area (Å²) in [5.41, 5.74) is 3.03. The predicted octanol–water partition coefficient (Wildman–Crippen LogP) is 5.18. The van der Waals surface area contributed by atoms with Gasteiger partial charge in [0.15, 0.2) is 0 Å². The first kappa shape index (κ1) is 17.3. The molecule has 1 aliphatic rings. The third kappa shape index (κ3) is 3.06. The van der Waals surface area contributed by atoms with Gasteiger partial charge in [-0.1, -0.05) is 54.6 Å². The fourth-order valence-corrected chi connectivity index (χ4v) is 3.75. The van der Waals surface area contributed by atoms with Gasteiger partial charge in [0, 0.05) is 6.42 Å². The van der Waals surface area contributed by atoms with Gasteiger partial charge in [0.05, 0.1) is 28.5 Å². The van der Waals surface area contributed by atoms with Crippen LogP contribution in [0.3, 0.4) is 0 Å². The fraction of sp³-hybridized carbons (Fsp3) is 0.0833. The molecule has 29 heavy (non-hydrogen) atoms. The van der Waals surface area contributed by atoms with Gasteiger partial charge in [0.1, 0.15) is 16.9 Å². The molecule has 0 spiro atoms. The number of hydrogen-bond acceptors (Lipinski definition) is 5. The maximum atomic E-state index is 12.8.